The lowest BCUT2D eigenvalue weighted by atomic mass is 10.1. The first-order valence-electron chi connectivity index (χ1n) is 12.3. The zero-order valence-corrected chi connectivity index (χ0v) is 21.2. The molecular formula is C27H31N5O5. The van der Waals surface area contributed by atoms with Gasteiger partial charge in [0.15, 0.2) is 18.1 Å². The molecule has 194 valence electrons. The summed E-state index contributed by atoms with van der Waals surface area (Å²) < 4.78 is 17.4. The van der Waals surface area contributed by atoms with Gasteiger partial charge in [0.05, 0.1) is 18.8 Å². The van der Waals surface area contributed by atoms with Crippen molar-refractivity contribution in [2.24, 2.45) is 0 Å². The number of likely N-dealkylation sites (tertiary alicyclic amines) is 1. The average molecular weight is 506 g/mol. The third kappa shape index (κ3) is 5.54. The number of rotatable bonds is 3. The zero-order valence-electron chi connectivity index (χ0n) is 21.2. The van der Waals surface area contributed by atoms with Gasteiger partial charge in [-0.15, -0.1) is 0 Å². The molecule has 2 atom stereocenters. The fraction of sp³-hybridized carbons (Fsp3) is 0.370. The van der Waals surface area contributed by atoms with Crippen molar-refractivity contribution in [2.75, 3.05) is 26.8 Å². The summed E-state index contributed by atoms with van der Waals surface area (Å²) >= 11 is 0. The van der Waals surface area contributed by atoms with E-state index in [2.05, 4.69) is 25.7 Å². The lowest BCUT2D eigenvalue weighted by Gasteiger charge is -2.21. The number of carbonyl (C=O) groups excluding carboxylic acids is 2. The van der Waals surface area contributed by atoms with Crippen LogP contribution in [0.2, 0.25) is 0 Å². The van der Waals surface area contributed by atoms with Gasteiger partial charge in [0.25, 0.3) is 11.8 Å². The molecule has 2 amide bonds. The van der Waals surface area contributed by atoms with Crippen molar-refractivity contribution in [1.29, 1.82) is 0 Å². The van der Waals surface area contributed by atoms with Crippen molar-refractivity contribution in [2.45, 2.75) is 39.1 Å². The fourth-order valence-corrected chi connectivity index (χ4v) is 4.71. The molecule has 3 aromatic rings. The summed E-state index contributed by atoms with van der Waals surface area (Å²) in [4.78, 5) is 27.9. The van der Waals surface area contributed by atoms with Crippen LogP contribution in [-0.2, 0) is 17.9 Å². The number of carbonyl (C=O) groups is 2. The quantitative estimate of drug-likeness (QED) is 0.499. The molecule has 1 aromatic heterocycles. The molecule has 1 fully saturated rings. The Labute approximate surface area is 215 Å². The van der Waals surface area contributed by atoms with Crippen LogP contribution < -0.4 is 24.8 Å². The van der Waals surface area contributed by atoms with Gasteiger partial charge >= 0.3 is 0 Å². The number of aromatic amines is 1. The van der Waals surface area contributed by atoms with Crippen LogP contribution in [0.3, 0.4) is 0 Å². The molecule has 3 aliphatic rings. The molecule has 37 heavy (non-hydrogen) atoms. The van der Waals surface area contributed by atoms with Crippen molar-refractivity contribution < 1.29 is 23.8 Å². The van der Waals surface area contributed by atoms with E-state index in [1.807, 2.05) is 38.1 Å². The zero-order chi connectivity index (χ0) is 25.9. The first-order chi connectivity index (χ1) is 17.9. The SMILES string of the molecule is COc1ccc2cc1OCC(=O)NCc1ccc(cc1)O[C@H]1CN(Cc3c(C)n[nH]c3C)C[C@@H]1NC2=O. The summed E-state index contributed by atoms with van der Waals surface area (Å²) in [6.07, 6.45) is -0.258. The monoisotopic (exact) mass is 505 g/mol. The fourth-order valence-electron chi connectivity index (χ4n) is 4.71. The predicted molar refractivity (Wildman–Crippen MR) is 136 cm³/mol. The number of ether oxygens (including phenoxy) is 3. The molecule has 4 heterocycles. The minimum Gasteiger partial charge on any atom is -0.493 e. The second-order valence-corrected chi connectivity index (χ2v) is 9.42. The smallest absolute Gasteiger partial charge is 0.258 e. The molecule has 3 N–H and O–H groups in total. The number of hydrogen-bond acceptors (Lipinski definition) is 7. The summed E-state index contributed by atoms with van der Waals surface area (Å²) in [5.41, 5.74) is 4.51. The average Bonchev–Trinajstić information content (AvgIpc) is 3.43. The Morgan fingerprint density at radius 3 is 2.65 bits per heavy atom. The summed E-state index contributed by atoms with van der Waals surface area (Å²) in [7, 11) is 1.51. The number of nitrogens with one attached hydrogen (secondary N) is 3. The summed E-state index contributed by atoms with van der Waals surface area (Å²) in [6.45, 7) is 6.14. The van der Waals surface area contributed by atoms with Gasteiger partial charge in [-0.1, -0.05) is 12.1 Å². The van der Waals surface area contributed by atoms with Crippen LogP contribution in [0.25, 0.3) is 0 Å². The molecule has 4 bridgehead atoms. The topological polar surface area (TPSA) is 118 Å². The van der Waals surface area contributed by atoms with Gasteiger partial charge in [-0.05, 0) is 49.7 Å². The van der Waals surface area contributed by atoms with Crippen LogP contribution in [0.5, 0.6) is 17.2 Å². The second kappa shape index (κ2) is 10.5. The molecule has 0 unspecified atom stereocenters. The molecule has 10 heteroatoms. The Morgan fingerprint density at radius 1 is 1.11 bits per heavy atom. The number of hydrogen-bond donors (Lipinski definition) is 3. The van der Waals surface area contributed by atoms with Gasteiger partial charge in [-0.3, -0.25) is 19.6 Å². The van der Waals surface area contributed by atoms with E-state index >= 15 is 0 Å². The van der Waals surface area contributed by atoms with Gasteiger partial charge in [0.1, 0.15) is 11.9 Å². The molecular weight excluding hydrogens is 474 g/mol. The Hall–Kier alpha value is -4.05. The molecule has 1 saturated heterocycles. The molecule has 0 aliphatic carbocycles. The summed E-state index contributed by atoms with van der Waals surface area (Å²) in [6, 6.07) is 12.3. The van der Waals surface area contributed by atoms with Gasteiger partial charge in [0.2, 0.25) is 0 Å². The van der Waals surface area contributed by atoms with Crippen LogP contribution in [0.1, 0.15) is 32.9 Å². The van der Waals surface area contributed by atoms with E-state index in [-0.39, 0.29) is 30.6 Å². The van der Waals surface area contributed by atoms with Crippen LogP contribution in [-0.4, -0.2) is 65.9 Å². The highest BCUT2D eigenvalue weighted by molar-refractivity contribution is 5.95. The minimum atomic E-state index is -0.278. The van der Waals surface area contributed by atoms with Crippen molar-refractivity contribution >= 4 is 11.8 Å². The maximum Gasteiger partial charge on any atom is 0.258 e. The molecule has 2 aromatic carbocycles. The summed E-state index contributed by atoms with van der Waals surface area (Å²) in [5.74, 6) is 0.935. The Kier molecular flexibility index (Phi) is 7.00. The van der Waals surface area contributed by atoms with Crippen molar-refractivity contribution in [3.05, 3.63) is 70.5 Å². The maximum atomic E-state index is 13.3. The Bertz CT molecular complexity index is 1270. The number of amides is 2. The first kappa shape index (κ1) is 24.6. The minimum absolute atomic E-state index is 0.199. The Morgan fingerprint density at radius 2 is 1.92 bits per heavy atom. The van der Waals surface area contributed by atoms with Crippen LogP contribution >= 0.6 is 0 Å². The highest BCUT2D eigenvalue weighted by Gasteiger charge is 2.36. The Balaban J connectivity index is 1.43. The van der Waals surface area contributed by atoms with Crippen LogP contribution in [0, 0.1) is 13.8 Å². The van der Waals surface area contributed by atoms with Crippen molar-refractivity contribution in [3.8, 4) is 17.2 Å². The first-order valence-corrected chi connectivity index (χ1v) is 12.3. The molecule has 6 rings (SSSR count). The van der Waals surface area contributed by atoms with E-state index in [4.69, 9.17) is 14.2 Å². The second-order valence-electron chi connectivity index (χ2n) is 9.42. The van der Waals surface area contributed by atoms with E-state index in [0.717, 1.165) is 22.5 Å². The van der Waals surface area contributed by atoms with Gasteiger partial charge in [-0.25, -0.2) is 0 Å². The van der Waals surface area contributed by atoms with Gasteiger partial charge < -0.3 is 24.8 Å². The lowest BCUT2D eigenvalue weighted by molar-refractivity contribution is -0.123. The molecule has 3 aliphatic heterocycles. The van der Waals surface area contributed by atoms with Gasteiger partial charge in [-0.2, -0.15) is 5.10 Å². The largest absolute Gasteiger partial charge is 0.493 e. The third-order valence-electron chi connectivity index (χ3n) is 6.81. The number of nitrogens with zero attached hydrogens (tertiary/aromatic N) is 2. The maximum absolute atomic E-state index is 13.3. The van der Waals surface area contributed by atoms with E-state index in [1.165, 1.54) is 7.11 Å². The van der Waals surface area contributed by atoms with E-state index in [9.17, 15) is 9.59 Å². The normalized spacial score (nSPS) is 20.3. The number of fused-ring (bicyclic) bond motifs is 7. The summed E-state index contributed by atoms with van der Waals surface area (Å²) in [5, 5.41) is 13.4. The standard InChI is InChI=1S/C27H31N5O5/c1-16-21(17(2)31-30-16)12-32-13-22-25(14-32)37-20-7-4-18(5-8-20)11-28-26(33)15-36-24-10-19(27(34)29-22)6-9-23(24)35-3/h4-10,22,25H,11-15H2,1-3H3,(H,28,33)(H,29,34)(H,30,31)/t22-,25-/m0/s1. The highest BCUT2D eigenvalue weighted by atomic mass is 16.5. The van der Waals surface area contributed by atoms with Crippen molar-refractivity contribution in [3.63, 3.8) is 0 Å². The third-order valence-corrected chi connectivity index (χ3v) is 6.81. The van der Waals surface area contributed by atoms with E-state index in [0.29, 0.717) is 49.0 Å². The number of aryl methyl sites for hydroxylation is 2. The van der Waals surface area contributed by atoms with Crippen molar-refractivity contribution in [1.82, 2.24) is 25.7 Å². The molecule has 0 spiro atoms. The van der Waals surface area contributed by atoms with Crippen LogP contribution in [0.4, 0.5) is 0 Å². The highest BCUT2D eigenvalue weighted by Crippen LogP contribution is 2.29. The van der Waals surface area contributed by atoms with E-state index < -0.39 is 0 Å². The number of methoxy groups -OCH3 is 1. The lowest BCUT2D eigenvalue weighted by Crippen LogP contribution is -2.45. The molecule has 10 nitrogen and oxygen atoms in total. The van der Waals surface area contributed by atoms with Crippen LogP contribution in [0.15, 0.2) is 42.5 Å². The molecule has 0 saturated carbocycles. The predicted octanol–water partition coefficient (Wildman–Crippen LogP) is 2.11. The molecule has 0 radical (unpaired) electrons. The number of H-pyrrole nitrogens is 1. The van der Waals surface area contributed by atoms with Gasteiger partial charge in [0, 0.05) is 43.0 Å². The number of aromatic nitrogens is 2. The van der Waals surface area contributed by atoms with E-state index in [1.54, 1.807) is 18.2 Å². The number of benzene rings is 2.